The molecular formula is C15H14F3NO3. The Kier molecular flexibility index (Phi) is 4.25. The maximum Gasteiger partial charge on any atom is 0.418 e. The first-order valence-corrected chi connectivity index (χ1v) is 6.61. The average Bonchev–Trinajstić information content (AvgIpc) is 2.42. The predicted octanol–water partition coefficient (Wildman–Crippen LogP) is 2.89. The van der Waals surface area contributed by atoms with Crippen LogP contribution in [0.15, 0.2) is 29.1 Å². The minimum absolute atomic E-state index is 0.0790. The van der Waals surface area contributed by atoms with Gasteiger partial charge in [-0.15, -0.1) is 0 Å². The Bertz CT molecular complexity index is 778. The molecule has 0 unspecified atom stereocenters. The number of hydrogen-bond acceptors (Lipinski definition) is 3. The van der Waals surface area contributed by atoms with Gasteiger partial charge in [-0.25, -0.2) is 0 Å². The summed E-state index contributed by atoms with van der Waals surface area (Å²) in [6.45, 7) is 2.83. The number of halogens is 3. The van der Waals surface area contributed by atoms with Crippen LogP contribution in [0.5, 0.6) is 0 Å². The molecule has 0 aliphatic carbocycles. The number of carbonyl (C=O) groups excluding carboxylic acids is 1. The highest BCUT2D eigenvalue weighted by Gasteiger charge is 2.34. The fourth-order valence-electron chi connectivity index (χ4n) is 2.32. The number of para-hydroxylation sites is 1. The molecule has 0 fully saturated rings. The number of pyridine rings is 1. The molecule has 1 aromatic heterocycles. The molecule has 0 bridgehead atoms. The zero-order valence-corrected chi connectivity index (χ0v) is 12.0. The molecule has 0 aliphatic rings. The van der Waals surface area contributed by atoms with Gasteiger partial charge in [0.1, 0.15) is 6.54 Å². The molecule has 7 heteroatoms. The van der Waals surface area contributed by atoms with Crippen molar-refractivity contribution in [1.82, 2.24) is 4.57 Å². The Morgan fingerprint density at radius 2 is 2.00 bits per heavy atom. The molecule has 0 saturated heterocycles. The van der Waals surface area contributed by atoms with Crippen LogP contribution >= 0.6 is 0 Å². The normalized spacial score (nSPS) is 11.7. The van der Waals surface area contributed by atoms with Gasteiger partial charge in [-0.3, -0.25) is 9.59 Å². The van der Waals surface area contributed by atoms with Gasteiger partial charge in [0.25, 0.3) is 0 Å². The zero-order chi connectivity index (χ0) is 16.5. The highest BCUT2D eigenvalue weighted by Crippen LogP contribution is 2.34. The van der Waals surface area contributed by atoms with Crippen LogP contribution in [0.3, 0.4) is 0 Å². The molecule has 2 rings (SSSR count). The number of fused-ring (bicyclic) bond motifs is 1. The SMILES string of the molecule is CCOC(=O)Cn1c(C)cc(=O)c2cccc(C(F)(F)F)c21. The molecule has 0 amide bonds. The third-order valence-electron chi connectivity index (χ3n) is 3.24. The van der Waals surface area contributed by atoms with E-state index in [-0.39, 0.29) is 29.7 Å². The molecule has 1 aromatic carbocycles. The highest BCUT2D eigenvalue weighted by molar-refractivity contribution is 5.84. The number of aryl methyl sites for hydroxylation is 1. The number of benzene rings is 1. The summed E-state index contributed by atoms with van der Waals surface area (Å²) in [6, 6.07) is 4.59. The smallest absolute Gasteiger partial charge is 0.418 e. The number of aromatic nitrogens is 1. The summed E-state index contributed by atoms with van der Waals surface area (Å²) in [5.74, 6) is -0.660. The van der Waals surface area contributed by atoms with Gasteiger partial charge < -0.3 is 9.30 Å². The molecular weight excluding hydrogens is 299 g/mol. The van der Waals surface area contributed by atoms with Crippen LogP contribution in [0.1, 0.15) is 18.2 Å². The number of ether oxygens (including phenoxy) is 1. The van der Waals surface area contributed by atoms with E-state index in [1.54, 1.807) is 6.92 Å². The molecule has 0 saturated carbocycles. The van der Waals surface area contributed by atoms with E-state index >= 15 is 0 Å². The van der Waals surface area contributed by atoms with Gasteiger partial charge in [-0.05, 0) is 26.0 Å². The van der Waals surface area contributed by atoms with Gasteiger partial charge in [-0.1, -0.05) is 6.07 Å². The lowest BCUT2D eigenvalue weighted by Gasteiger charge is -2.18. The number of nitrogens with zero attached hydrogens (tertiary/aromatic N) is 1. The van der Waals surface area contributed by atoms with Crippen molar-refractivity contribution in [3.63, 3.8) is 0 Å². The van der Waals surface area contributed by atoms with Crippen LogP contribution in [0.4, 0.5) is 13.2 Å². The highest BCUT2D eigenvalue weighted by atomic mass is 19.4. The van der Waals surface area contributed by atoms with Crippen LogP contribution in [-0.2, 0) is 22.3 Å². The lowest BCUT2D eigenvalue weighted by atomic mass is 10.1. The number of esters is 1. The molecule has 0 aliphatic heterocycles. The van der Waals surface area contributed by atoms with E-state index in [1.165, 1.54) is 25.1 Å². The van der Waals surface area contributed by atoms with E-state index in [4.69, 9.17) is 4.74 Å². The first-order valence-electron chi connectivity index (χ1n) is 6.61. The third kappa shape index (κ3) is 2.98. The predicted molar refractivity (Wildman–Crippen MR) is 74.6 cm³/mol. The topological polar surface area (TPSA) is 48.3 Å². The van der Waals surface area contributed by atoms with Gasteiger partial charge in [0, 0.05) is 17.1 Å². The maximum atomic E-state index is 13.2. The van der Waals surface area contributed by atoms with Crippen molar-refractivity contribution in [2.24, 2.45) is 0 Å². The second kappa shape index (κ2) is 5.82. The Balaban J connectivity index is 2.79. The van der Waals surface area contributed by atoms with Gasteiger partial charge in [-0.2, -0.15) is 13.2 Å². The van der Waals surface area contributed by atoms with Crippen molar-refractivity contribution >= 4 is 16.9 Å². The Labute approximate surface area is 124 Å². The molecule has 118 valence electrons. The van der Waals surface area contributed by atoms with Gasteiger partial charge >= 0.3 is 12.1 Å². The fraction of sp³-hybridized carbons (Fsp3) is 0.333. The zero-order valence-electron chi connectivity index (χ0n) is 12.0. The molecule has 4 nitrogen and oxygen atoms in total. The first-order chi connectivity index (χ1) is 10.3. The van der Waals surface area contributed by atoms with Crippen molar-refractivity contribution in [3.8, 4) is 0 Å². The van der Waals surface area contributed by atoms with Crippen molar-refractivity contribution in [2.45, 2.75) is 26.6 Å². The van der Waals surface area contributed by atoms with Crippen LogP contribution in [0.2, 0.25) is 0 Å². The molecule has 0 spiro atoms. The maximum absolute atomic E-state index is 13.2. The summed E-state index contributed by atoms with van der Waals surface area (Å²) in [7, 11) is 0. The van der Waals surface area contributed by atoms with E-state index in [0.717, 1.165) is 10.6 Å². The van der Waals surface area contributed by atoms with Crippen molar-refractivity contribution < 1.29 is 22.7 Å². The van der Waals surface area contributed by atoms with Crippen LogP contribution in [0.25, 0.3) is 10.9 Å². The summed E-state index contributed by atoms with van der Waals surface area (Å²) in [5.41, 5.74) is -1.50. The molecule has 0 N–H and O–H groups in total. The minimum atomic E-state index is -4.63. The third-order valence-corrected chi connectivity index (χ3v) is 3.24. The monoisotopic (exact) mass is 313 g/mol. The summed E-state index contributed by atoms with van der Waals surface area (Å²) < 4.78 is 45.6. The number of carbonyl (C=O) groups is 1. The molecule has 1 heterocycles. The molecule has 22 heavy (non-hydrogen) atoms. The second-order valence-corrected chi connectivity index (χ2v) is 4.74. The summed E-state index contributed by atoms with van der Waals surface area (Å²) in [5, 5.41) is -0.0790. The summed E-state index contributed by atoms with van der Waals surface area (Å²) >= 11 is 0. The standard InChI is InChI=1S/C15H14F3NO3/c1-3-22-13(21)8-19-9(2)7-12(20)10-5-4-6-11(14(10)19)15(16,17)18/h4-7H,3,8H2,1-2H3. The fourth-order valence-corrected chi connectivity index (χ4v) is 2.32. The van der Waals surface area contributed by atoms with Crippen molar-refractivity contribution in [2.75, 3.05) is 6.61 Å². The van der Waals surface area contributed by atoms with Gasteiger partial charge in [0.05, 0.1) is 17.7 Å². The molecule has 0 radical (unpaired) electrons. The van der Waals surface area contributed by atoms with Gasteiger partial charge in [0.15, 0.2) is 5.43 Å². The van der Waals surface area contributed by atoms with Crippen LogP contribution in [-0.4, -0.2) is 17.1 Å². The Morgan fingerprint density at radius 3 is 2.59 bits per heavy atom. The number of rotatable bonds is 3. The Morgan fingerprint density at radius 1 is 1.32 bits per heavy atom. The minimum Gasteiger partial charge on any atom is -0.465 e. The second-order valence-electron chi connectivity index (χ2n) is 4.74. The Hall–Kier alpha value is -2.31. The quantitative estimate of drug-likeness (QED) is 0.819. The lowest BCUT2D eigenvalue weighted by Crippen LogP contribution is -2.21. The summed E-state index contributed by atoms with van der Waals surface area (Å²) in [6.07, 6.45) is -4.63. The van der Waals surface area contributed by atoms with Crippen LogP contribution in [0, 0.1) is 6.92 Å². The van der Waals surface area contributed by atoms with Crippen molar-refractivity contribution in [1.29, 1.82) is 0 Å². The molecule has 0 atom stereocenters. The van der Waals surface area contributed by atoms with Gasteiger partial charge in [0.2, 0.25) is 0 Å². The van der Waals surface area contributed by atoms with Crippen LogP contribution < -0.4 is 5.43 Å². The lowest BCUT2D eigenvalue weighted by molar-refractivity contribution is -0.144. The van der Waals surface area contributed by atoms with E-state index in [2.05, 4.69) is 0 Å². The number of alkyl halides is 3. The first kappa shape index (κ1) is 16.1. The number of hydrogen-bond donors (Lipinski definition) is 0. The largest absolute Gasteiger partial charge is 0.465 e. The van der Waals surface area contributed by atoms with E-state index < -0.39 is 23.1 Å². The average molecular weight is 313 g/mol. The van der Waals surface area contributed by atoms with E-state index in [9.17, 15) is 22.8 Å². The molecule has 2 aromatic rings. The van der Waals surface area contributed by atoms with Crippen molar-refractivity contribution in [3.05, 3.63) is 45.7 Å². The van der Waals surface area contributed by atoms with E-state index in [1.807, 2.05) is 0 Å². The summed E-state index contributed by atoms with van der Waals surface area (Å²) in [4.78, 5) is 23.6. The van der Waals surface area contributed by atoms with E-state index in [0.29, 0.717) is 0 Å².